The van der Waals surface area contributed by atoms with Gasteiger partial charge >= 0.3 is 0 Å². The van der Waals surface area contributed by atoms with E-state index in [9.17, 15) is 13.2 Å². The zero-order valence-electron chi connectivity index (χ0n) is 11.8. The second kappa shape index (κ2) is 5.18. The van der Waals surface area contributed by atoms with Gasteiger partial charge in [-0.25, -0.2) is 8.42 Å². The van der Waals surface area contributed by atoms with Gasteiger partial charge in [-0.3, -0.25) is 4.79 Å². The third-order valence-corrected chi connectivity index (χ3v) is 5.64. The molecule has 0 radical (unpaired) electrons. The molecule has 1 aromatic heterocycles. The molecule has 1 saturated heterocycles. The number of furan rings is 1. The van der Waals surface area contributed by atoms with Crippen molar-refractivity contribution in [3.8, 4) is 0 Å². The minimum Gasteiger partial charge on any atom is -0.451 e. The van der Waals surface area contributed by atoms with Crippen molar-refractivity contribution in [1.82, 2.24) is 4.90 Å². The van der Waals surface area contributed by atoms with Gasteiger partial charge in [0.1, 0.15) is 5.58 Å². The summed E-state index contributed by atoms with van der Waals surface area (Å²) in [4.78, 5) is 14.2. The van der Waals surface area contributed by atoms with Crippen molar-refractivity contribution in [1.29, 1.82) is 0 Å². The average Bonchev–Trinajstić information content (AvgIpc) is 3.02. The highest BCUT2D eigenvalue weighted by Crippen LogP contribution is 2.23. The summed E-state index contributed by atoms with van der Waals surface area (Å²) >= 11 is 0. The minimum absolute atomic E-state index is 0.0484. The lowest BCUT2D eigenvalue weighted by atomic mass is 10.2. The molecule has 1 amide bonds. The van der Waals surface area contributed by atoms with Crippen LogP contribution >= 0.6 is 0 Å². The van der Waals surface area contributed by atoms with Gasteiger partial charge in [-0.05, 0) is 25.5 Å². The molecule has 1 aromatic carbocycles. The summed E-state index contributed by atoms with van der Waals surface area (Å²) in [6, 6.07) is 8.88. The first-order valence-electron chi connectivity index (χ1n) is 7.00. The van der Waals surface area contributed by atoms with Gasteiger partial charge < -0.3 is 9.32 Å². The molecule has 1 aliphatic heterocycles. The van der Waals surface area contributed by atoms with Crippen LogP contribution in [-0.4, -0.2) is 43.3 Å². The Morgan fingerprint density at radius 2 is 2.14 bits per heavy atom. The predicted molar refractivity (Wildman–Crippen MR) is 80.0 cm³/mol. The van der Waals surface area contributed by atoms with Gasteiger partial charge in [0.15, 0.2) is 15.6 Å². The second-order valence-corrected chi connectivity index (χ2v) is 7.53. The van der Waals surface area contributed by atoms with E-state index in [2.05, 4.69) is 0 Å². The number of benzene rings is 1. The summed E-state index contributed by atoms with van der Waals surface area (Å²) in [6.07, 6.45) is 0.502. The maximum absolute atomic E-state index is 12.6. The second-order valence-electron chi connectivity index (χ2n) is 5.30. The monoisotopic (exact) mass is 307 g/mol. The Balaban J connectivity index is 1.88. The molecule has 1 unspecified atom stereocenters. The van der Waals surface area contributed by atoms with Crippen LogP contribution in [0.5, 0.6) is 0 Å². The average molecular weight is 307 g/mol. The molecule has 0 spiro atoms. The van der Waals surface area contributed by atoms with Crippen molar-refractivity contribution in [2.24, 2.45) is 0 Å². The summed E-state index contributed by atoms with van der Waals surface area (Å²) in [5.41, 5.74) is 0.663. The molecule has 0 aliphatic carbocycles. The molecule has 2 aromatic rings. The smallest absolute Gasteiger partial charge is 0.289 e. The van der Waals surface area contributed by atoms with Crippen molar-refractivity contribution < 1.29 is 17.6 Å². The summed E-state index contributed by atoms with van der Waals surface area (Å²) in [5, 5.41) is 0.871. The van der Waals surface area contributed by atoms with Crippen LogP contribution in [0.2, 0.25) is 0 Å². The fraction of sp³-hybridized carbons (Fsp3) is 0.400. The van der Waals surface area contributed by atoms with E-state index in [1.54, 1.807) is 11.0 Å². The third-order valence-electron chi connectivity index (χ3n) is 3.89. The van der Waals surface area contributed by atoms with E-state index in [-0.39, 0.29) is 29.2 Å². The number of amides is 1. The topological polar surface area (TPSA) is 67.6 Å². The van der Waals surface area contributed by atoms with E-state index < -0.39 is 9.84 Å². The van der Waals surface area contributed by atoms with Crippen LogP contribution in [0.3, 0.4) is 0 Å². The summed E-state index contributed by atoms with van der Waals surface area (Å²) in [7, 11) is -3.02. The molecule has 0 saturated carbocycles. The first-order valence-corrected chi connectivity index (χ1v) is 8.82. The Morgan fingerprint density at radius 3 is 2.76 bits per heavy atom. The molecular weight excluding hydrogens is 290 g/mol. The van der Waals surface area contributed by atoms with Crippen LogP contribution in [0, 0.1) is 0 Å². The van der Waals surface area contributed by atoms with Crippen LogP contribution < -0.4 is 0 Å². The van der Waals surface area contributed by atoms with E-state index in [0.717, 1.165) is 5.39 Å². The molecule has 5 nitrogen and oxygen atoms in total. The van der Waals surface area contributed by atoms with Crippen molar-refractivity contribution >= 4 is 26.7 Å². The standard InChI is InChI=1S/C15H17NO4S/c1-2-16(12-7-8-21(18,19)10-12)15(17)14-9-11-5-3-4-6-13(11)20-14/h3-6,9,12H,2,7-8,10H2,1H3. The number of nitrogens with zero attached hydrogens (tertiary/aromatic N) is 1. The summed E-state index contributed by atoms with van der Waals surface area (Å²) in [6.45, 7) is 2.32. The van der Waals surface area contributed by atoms with Gasteiger partial charge in [0.2, 0.25) is 0 Å². The van der Waals surface area contributed by atoms with Crippen LogP contribution in [0.25, 0.3) is 11.0 Å². The van der Waals surface area contributed by atoms with Crippen LogP contribution in [0.4, 0.5) is 0 Å². The molecule has 2 heterocycles. The summed E-state index contributed by atoms with van der Waals surface area (Å²) in [5.74, 6) is 0.229. The van der Waals surface area contributed by atoms with Crippen molar-refractivity contribution in [2.75, 3.05) is 18.1 Å². The highest BCUT2D eigenvalue weighted by Gasteiger charge is 2.35. The Morgan fingerprint density at radius 1 is 1.38 bits per heavy atom. The molecule has 0 N–H and O–H groups in total. The number of hydrogen-bond acceptors (Lipinski definition) is 4. The lowest BCUT2D eigenvalue weighted by Crippen LogP contribution is -2.40. The number of sulfone groups is 1. The maximum atomic E-state index is 12.6. The molecule has 1 atom stereocenters. The van der Waals surface area contributed by atoms with E-state index in [1.165, 1.54) is 0 Å². The van der Waals surface area contributed by atoms with Crippen molar-refractivity contribution in [3.63, 3.8) is 0 Å². The molecular formula is C15H17NO4S. The lowest BCUT2D eigenvalue weighted by Gasteiger charge is -2.25. The first-order chi connectivity index (χ1) is 10.00. The molecule has 1 fully saturated rings. The lowest BCUT2D eigenvalue weighted by molar-refractivity contribution is 0.0678. The zero-order valence-corrected chi connectivity index (χ0v) is 12.6. The highest BCUT2D eigenvalue weighted by molar-refractivity contribution is 7.91. The third kappa shape index (κ3) is 2.68. The van der Waals surface area contributed by atoms with E-state index >= 15 is 0 Å². The van der Waals surface area contributed by atoms with E-state index in [1.807, 2.05) is 31.2 Å². The fourth-order valence-corrected chi connectivity index (χ4v) is 4.55. The van der Waals surface area contributed by atoms with Crippen molar-refractivity contribution in [2.45, 2.75) is 19.4 Å². The number of rotatable bonds is 3. The molecule has 0 bridgehead atoms. The van der Waals surface area contributed by atoms with Gasteiger partial charge in [0, 0.05) is 18.0 Å². The predicted octanol–water partition coefficient (Wildman–Crippen LogP) is 2.08. The van der Waals surface area contributed by atoms with Gasteiger partial charge in [-0.1, -0.05) is 18.2 Å². The van der Waals surface area contributed by atoms with Gasteiger partial charge in [0.05, 0.1) is 11.5 Å². The Hall–Kier alpha value is -1.82. The molecule has 6 heteroatoms. The number of carbonyl (C=O) groups excluding carboxylic acids is 1. The Labute approximate surface area is 123 Å². The SMILES string of the molecule is CCN(C(=O)c1cc2ccccc2o1)C1CCS(=O)(=O)C1. The molecule has 112 valence electrons. The van der Waals surface area contributed by atoms with Gasteiger partial charge in [-0.15, -0.1) is 0 Å². The van der Waals surface area contributed by atoms with E-state index in [4.69, 9.17) is 4.42 Å². The number of fused-ring (bicyclic) bond motifs is 1. The van der Waals surface area contributed by atoms with Gasteiger partial charge in [-0.2, -0.15) is 0 Å². The van der Waals surface area contributed by atoms with Crippen LogP contribution in [-0.2, 0) is 9.84 Å². The van der Waals surface area contributed by atoms with Crippen molar-refractivity contribution in [3.05, 3.63) is 36.1 Å². The number of carbonyl (C=O) groups is 1. The molecule has 1 aliphatic rings. The largest absolute Gasteiger partial charge is 0.451 e. The quantitative estimate of drug-likeness (QED) is 0.870. The summed E-state index contributed by atoms with van der Waals surface area (Å²) < 4.78 is 28.8. The normalized spacial score (nSPS) is 20.7. The fourth-order valence-electron chi connectivity index (χ4n) is 2.82. The number of para-hydroxylation sites is 1. The van der Waals surface area contributed by atoms with E-state index in [0.29, 0.717) is 18.5 Å². The van der Waals surface area contributed by atoms with Crippen LogP contribution in [0.1, 0.15) is 23.9 Å². The molecule has 21 heavy (non-hydrogen) atoms. The zero-order chi connectivity index (χ0) is 15.0. The number of hydrogen-bond donors (Lipinski definition) is 0. The highest BCUT2D eigenvalue weighted by atomic mass is 32.2. The van der Waals surface area contributed by atoms with Crippen LogP contribution in [0.15, 0.2) is 34.7 Å². The van der Waals surface area contributed by atoms with Gasteiger partial charge in [0.25, 0.3) is 5.91 Å². The maximum Gasteiger partial charge on any atom is 0.289 e. The minimum atomic E-state index is -3.02. The first kappa shape index (κ1) is 14.1. The Kier molecular flexibility index (Phi) is 3.49. The Bertz CT molecular complexity index is 745. The molecule has 3 rings (SSSR count).